The van der Waals surface area contributed by atoms with Gasteiger partial charge in [-0.1, -0.05) is 26.0 Å². The smallest absolute Gasteiger partial charge is 0.222 e. The molecule has 144 valence electrons. The summed E-state index contributed by atoms with van der Waals surface area (Å²) in [6, 6.07) is 0. The van der Waals surface area contributed by atoms with E-state index in [9.17, 15) is 9.59 Å². The van der Waals surface area contributed by atoms with Crippen LogP contribution in [0.3, 0.4) is 0 Å². The van der Waals surface area contributed by atoms with E-state index in [1.165, 1.54) is 0 Å². The Kier molecular flexibility index (Phi) is 8.10. The number of nitrogens with zero attached hydrogens (tertiary/aromatic N) is 1. The van der Waals surface area contributed by atoms with Crippen LogP contribution in [-0.2, 0) is 19.1 Å². The van der Waals surface area contributed by atoms with E-state index in [-0.39, 0.29) is 17.8 Å². The van der Waals surface area contributed by atoms with Gasteiger partial charge >= 0.3 is 0 Å². The first-order valence-electron chi connectivity index (χ1n) is 9.67. The third kappa shape index (κ3) is 5.56. The van der Waals surface area contributed by atoms with E-state index in [1.54, 1.807) is 6.08 Å². The third-order valence-corrected chi connectivity index (χ3v) is 4.95. The number of amides is 1. The molecule has 1 aliphatic heterocycles. The Balaban J connectivity index is 1.92. The number of Topliss-reactive ketones (excluding diaryl/α,β-unsaturated/α-hetero) is 1. The van der Waals surface area contributed by atoms with Gasteiger partial charge in [0, 0.05) is 25.9 Å². The van der Waals surface area contributed by atoms with Crippen LogP contribution >= 0.6 is 0 Å². The lowest BCUT2D eigenvalue weighted by Crippen LogP contribution is -2.39. The van der Waals surface area contributed by atoms with Gasteiger partial charge in [-0.05, 0) is 31.3 Å². The van der Waals surface area contributed by atoms with Crippen molar-refractivity contribution in [3.05, 3.63) is 36.1 Å². The third-order valence-electron chi connectivity index (χ3n) is 4.95. The fraction of sp³-hybridized carbons (Fsp3) is 0.619. The molecule has 0 bridgehead atoms. The normalized spacial score (nSPS) is 21.0. The standard InChI is InChI=1S/C21H31NO4/c1-4-13-25-17-7-8-18(19(23)5-2)20(14-17)26-15-16-9-11-22(12-10-16)21(24)6-3/h4,8,14,16-17H,1,5-7,9-13,15H2,2-3H3. The number of piperidine rings is 1. The molecule has 1 amide bonds. The van der Waals surface area contributed by atoms with E-state index in [1.807, 2.05) is 30.9 Å². The summed E-state index contributed by atoms with van der Waals surface area (Å²) in [4.78, 5) is 25.9. The van der Waals surface area contributed by atoms with Gasteiger partial charge in [-0.25, -0.2) is 0 Å². The van der Waals surface area contributed by atoms with Gasteiger partial charge in [0.1, 0.15) is 5.76 Å². The Morgan fingerprint density at radius 3 is 2.62 bits per heavy atom. The van der Waals surface area contributed by atoms with Gasteiger partial charge in [0.2, 0.25) is 5.91 Å². The Labute approximate surface area is 156 Å². The fourth-order valence-corrected chi connectivity index (χ4v) is 3.32. The van der Waals surface area contributed by atoms with Crippen molar-refractivity contribution in [1.29, 1.82) is 0 Å². The summed E-state index contributed by atoms with van der Waals surface area (Å²) in [6.45, 7) is 10.1. The lowest BCUT2D eigenvalue weighted by Gasteiger charge is -2.32. The van der Waals surface area contributed by atoms with Gasteiger partial charge in [0.25, 0.3) is 0 Å². The molecule has 1 fully saturated rings. The molecule has 0 aromatic rings. The highest BCUT2D eigenvalue weighted by atomic mass is 16.5. The molecular formula is C21H31NO4. The largest absolute Gasteiger partial charge is 0.493 e. The van der Waals surface area contributed by atoms with Gasteiger partial charge in [-0.3, -0.25) is 9.59 Å². The molecule has 0 saturated carbocycles. The summed E-state index contributed by atoms with van der Waals surface area (Å²) in [6.07, 6.45) is 9.07. The summed E-state index contributed by atoms with van der Waals surface area (Å²) < 4.78 is 11.7. The van der Waals surface area contributed by atoms with E-state index in [4.69, 9.17) is 9.47 Å². The van der Waals surface area contributed by atoms with Gasteiger partial charge in [-0.15, -0.1) is 6.58 Å². The first-order valence-corrected chi connectivity index (χ1v) is 9.67. The number of carbonyl (C=O) groups is 2. The molecule has 0 aromatic heterocycles. The van der Waals surface area contributed by atoms with Crippen LogP contribution in [0.5, 0.6) is 0 Å². The maximum Gasteiger partial charge on any atom is 0.222 e. The number of carbonyl (C=O) groups excluding carboxylic acids is 2. The predicted molar refractivity (Wildman–Crippen MR) is 102 cm³/mol. The number of hydrogen-bond acceptors (Lipinski definition) is 4. The van der Waals surface area contributed by atoms with Crippen molar-refractivity contribution < 1.29 is 19.1 Å². The molecule has 2 rings (SSSR count). The number of hydrogen-bond donors (Lipinski definition) is 0. The molecular weight excluding hydrogens is 330 g/mol. The molecule has 1 aliphatic carbocycles. The van der Waals surface area contributed by atoms with Crippen molar-refractivity contribution in [3.63, 3.8) is 0 Å². The summed E-state index contributed by atoms with van der Waals surface area (Å²) in [5.74, 6) is 1.37. The minimum atomic E-state index is -0.0829. The molecule has 0 N–H and O–H groups in total. The van der Waals surface area contributed by atoms with Crippen molar-refractivity contribution in [2.75, 3.05) is 26.3 Å². The SMILES string of the molecule is C=CCOC1C=C(OCC2CCN(C(=O)CC)CC2)C(C(=O)CC)=CC1. The Morgan fingerprint density at radius 1 is 1.27 bits per heavy atom. The van der Waals surface area contributed by atoms with E-state index < -0.39 is 0 Å². The molecule has 26 heavy (non-hydrogen) atoms. The zero-order valence-electron chi connectivity index (χ0n) is 16.0. The summed E-state index contributed by atoms with van der Waals surface area (Å²) in [7, 11) is 0. The maximum absolute atomic E-state index is 12.2. The highest BCUT2D eigenvalue weighted by Crippen LogP contribution is 2.26. The average Bonchev–Trinajstić information content (AvgIpc) is 2.69. The molecule has 5 nitrogen and oxygen atoms in total. The zero-order chi connectivity index (χ0) is 18.9. The van der Waals surface area contributed by atoms with E-state index >= 15 is 0 Å². The van der Waals surface area contributed by atoms with Crippen molar-refractivity contribution in [2.24, 2.45) is 5.92 Å². The van der Waals surface area contributed by atoms with Crippen LogP contribution in [0.4, 0.5) is 0 Å². The molecule has 1 unspecified atom stereocenters. The number of rotatable bonds is 9. The van der Waals surface area contributed by atoms with Crippen molar-refractivity contribution in [2.45, 2.75) is 52.1 Å². The van der Waals surface area contributed by atoms with Gasteiger partial charge in [-0.2, -0.15) is 0 Å². The minimum Gasteiger partial charge on any atom is -0.493 e. The topological polar surface area (TPSA) is 55.8 Å². The van der Waals surface area contributed by atoms with Crippen molar-refractivity contribution >= 4 is 11.7 Å². The molecule has 1 heterocycles. The van der Waals surface area contributed by atoms with Crippen molar-refractivity contribution in [3.8, 4) is 0 Å². The van der Waals surface area contributed by atoms with Crippen LogP contribution in [0.25, 0.3) is 0 Å². The van der Waals surface area contributed by atoms with Gasteiger partial charge < -0.3 is 14.4 Å². The highest BCUT2D eigenvalue weighted by molar-refractivity contribution is 5.99. The van der Waals surface area contributed by atoms with E-state index in [0.29, 0.717) is 49.7 Å². The van der Waals surface area contributed by atoms with Crippen molar-refractivity contribution in [1.82, 2.24) is 4.90 Å². The van der Waals surface area contributed by atoms with Gasteiger partial charge in [0.05, 0.1) is 24.9 Å². The van der Waals surface area contributed by atoms with E-state index in [0.717, 1.165) is 25.9 Å². The lowest BCUT2D eigenvalue weighted by atomic mass is 9.96. The second-order valence-electron chi connectivity index (χ2n) is 6.81. The molecule has 0 spiro atoms. The predicted octanol–water partition coefficient (Wildman–Crippen LogP) is 3.42. The molecule has 0 aromatic carbocycles. The highest BCUT2D eigenvalue weighted by Gasteiger charge is 2.25. The second kappa shape index (κ2) is 10.3. The quantitative estimate of drug-likeness (QED) is 0.591. The number of ether oxygens (including phenoxy) is 2. The monoisotopic (exact) mass is 361 g/mol. The Hall–Kier alpha value is -1.88. The zero-order valence-corrected chi connectivity index (χ0v) is 16.0. The van der Waals surface area contributed by atoms with Gasteiger partial charge in [0.15, 0.2) is 5.78 Å². The maximum atomic E-state index is 12.2. The average molecular weight is 361 g/mol. The summed E-state index contributed by atoms with van der Waals surface area (Å²) >= 11 is 0. The first-order chi connectivity index (χ1) is 12.6. The number of allylic oxidation sites excluding steroid dienone is 1. The van der Waals surface area contributed by atoms with Crippen LogP contribution in [0.2, 0.25) is 0 Å². The van der Waals surface area contributed by atoms with E-state index in [2.05, 4.69) is 6.58 Å². The van der Waals surface area contributed by atoms with Crippen LogP contribution < -0.4 is 0 Å². The second-order valence-corrected chi connectivity index (χ2v) is 6.81. The minimum absolute atomic E-state index is 0.0829. The van der Waals surface area contributed by atoms with Crippen LogP contribution in [0.1, 0.15) is 46.0 Å². The summed E-state index contributed by atoms with van der Waals surface area (Å²) in [5, 5.41) is 0. The number of ketones is 1. The van der Waals surface area contributed by atoms with Crippen LogP contribution in [0.15, 0.2) is 36.1 Å². The molecule has 0 radical (unpaired) electrons. The fourth-order valence-electron chi connectivity index (χ4n) is 3.32. The Bertz CT molecular complexity index is 571. The molecule has 1 atom stereocenters. The molecule has 5 heteroatoms. The number of likely N-dealkylation sites (tertiary alicyclic amines) is 1. The van der Waals surface area contributed by atoms with Crippen LogP contribution in [0, 0.1) is 5.92 Å². The lowest BCUT2D eigenvalue weighted by molar-refractivity contribution is -0.132. The first kappa shape index (κ1) is 20.4. The summed E-state index contributed by atoms with van der Waals surface area (Å²) in [5.41, 5.74) is 0.671. The molecule has 2 aliphatic rings. The van der Waals surface area contributed by atoms with Crippen LogP contribution in [-0.4, -0.2) is 49.0 Å². The molecule has 1 saturated heterocycles. The Morgan fingerprint density at radius 2 is 2.00 bits per heavy atom.